The van der Waals surface area contributed by atoms with E-state index in [2.05, 4.69) is 46.9 Å². The Labute approximate surface area is 261 Å². The molecule has 0 saturated carbocycles. The molecule has 4 rings (SSSR count). The van der Waals surface area contributed by atoms with E-state index in [1.54, 1.807) is 0 Å². The van der Waals surface area contributed by atoms with E-state index in [1.165, 1.54) is 0 Å². The minimum atomic E-state index is 0. The number of benzene rings is 4. The standard InChI is InChI=1S/C22H31NO2.2C7H7.Zr/c1-15(2)19-9-5-7-17(21(19)24)11-13-23-14-12-18-8-6-10-20(16(3)4)22(18)25;2*1-7-5-3-2-4-6-7;/h5-10,15-16,23-25H,11-14H2,1-4H3;2*2-6H,1H2;/q;2*-1;+3. The molecule has 0 saturated heterocycles. The van der Waals surface area contributed by atoms with Gasteiger partial charge in [0, 0.05) is 0 Å². The first-order chi connectivity index (χ1) is 18.7. The average Bonchev–Trinajstić information content (AvgIpc) is 2.91. The van der Waals surface area contributed by atoms with E-state index in [1.807, 2.05) is 97.1 Å². The maximum absolute atomic E-state index is 10.4. The van der Waals surface area contributed by atoms with E-state index in [0.29, 0.717) is 23.3 Å². The van der Waals surface area contributed by atoms with E-state index >= 15 is 0 Å². The van der Waals surface area contributed by atoms with Crippen molar-refractivity contribution in [2.75, 3.05) is 13.1 Å². The zero-order valence-electron chi connectivity index (χ0n) is 24.5. The minimum absolute atomic E-state index is 0. The van der Waals surface area contributed by atoms with Crippen LogP contribution in [0.3, 0.4) is 0 Å². The minimum Gasteiger partial charge on any atom is -0.507 e. The molecule has 0 spiro atoms. The summed E-state index contributed by atoms with van der Waals surface area (Å²) in [6.45, 7) is 17.4. The number of aromatic hydroxyl groups is 2. The monoisotopic (exact) mass is 613 g/mol. The Hall–Kier alpha value is -2.94. The van der Waals surface area contributed by atoms with Gasteiger partial charge < -0.3 is 15.5 Å². The summed E-state index contributed by atoms with van der Waals surface area (Å²) < 4.78 is 0. The van der Waals surface area contributed by atoms with Crippen molar-refractivity contribution in [3.05, 3.63) is 144 Å². The van der Waals surface area contributed by atoms with E-state index in [0.717, 1.165) is 59.3 Å². The Morgan fingerprint density at radius 1 is 0.550 bits per heavy atom. The van der Waals surface area contributed by atoms with Crippen molar-refractivity contribution >= 4 is 0 Å². The third kappa shape index (κ3) is 12.5. The Morgan fingerprint density at radius 3 is 1.18 bits per heavy atom. The smallest absolute Gasteiger partial charge is 0.507 e. The van der Waals surface area contributed by atoms with Gasteiger partial charge in [0.1, 0.15) is 11.5 Å². The summed E-state index contributed by atoms with van der Waals surface area (Å²) in [7, 11) is 0. The maximum atomic E-state index is 10.4. The summed E-state index contributed by atoms with van der Waals surface area (Å²) in [4.78, 5) is 0. The van der Waals surface area contributed by atoms with Crippen molar-refractivity contribution in [1.82, 2.24) is 5.32 Å². The fourth-order valence-electron chi connectivity index (χ4n) is 4.08. The fourth-order valence-corrected chi connectivity index (χ4v) is 4.08. The molecule has 0 fully saturated rings. The number of nitrogens with one attached hydrogen (secondary N) is 1. The maximum Gasteiger partial charge on any atom is 3.00 e. The molecule has 4 aromatic rings. The van der Waals surface area contributed by atoms with Crippen LogP contribution in [0.5, 0.6) is 11.5 Å². The van der Waals surface area contributed by atoms with Gasteiger partial charge in [-0.15, -0.1) is 24.3 Å². The molecule has 0 aliphatic heterocycles. The van der Waals surface area contributed by atoms with Gasteiger partial charge in [-0.2, -0.15) is 49.2 Å². The van der Waals surface area contributed by atoms with Gasteiger partial charge in [0.2, 0.25) is 0 Å². The molecule has 3 nitrogen and oxygen atoms in total. The second-order valence-electron chi connectivity index (χ2n) is 10.2. The van der Waals surface area contributed by atoms with Gasteiger partial charge in [0.15, 0.2) is 0 Å². The van der Waals surface area contributed by atoms with Crippen LogP contribution in [0.25, 0.3) is 0 Å². The first-order valence-corrected chi connectivity index (χ1v) is 13.8. The normalized spacial score (nSPS) is 10.2. The van der Waals surface area contributed by atoms with Crippen LogP contribution in [0, 0.1) is 13.8 Å². The molecule has 0 aliphatic carbocycles. The predicted molar refractivity (Wildman–Crippen MR) is 166 cm³/mol. The molecule has 0 heterocycles. The first kappa shape index (κ1) is 35.1. The second-order valence-corrected chi connectivity index (χ2v) is 10.2. The van der Waals surface area contributed by atoms with Crippen molar-refractivity contribution in [3.8, 4) is 11.5 Å². The van der Waals surface area contributed by atoms with Crippen LogP contribution in [-0.2, 0) is 39.0 Å². The van der Waals surface area contributed by atoms with Crippen LogP contribution in [0.2, 0.25) is 0 Å². The number of rotatable bonds is 8. The van der Waals surface area contributed by atoms with Gasteiger partial charge in [0.25, 0.3) is 0 Å². The van der Waals surface area contributed by atoms with E-state index < -0.39 is 0 Å². The molecule has 4 heteroatoms. The van der Waals surface area contributed by atoms with E-state index in [9.17, 15) is 10.2 Å². The molecule has 0 aromatic heterocycles. The van der Waals surface area contributed by atoms with Crippen molar-refractivity contribution in [1.29, 1.82) is 0 Å². The van der Waals surface area contributed by atoms with Crippen LogP contribution >= 0.6 is 0 Å². The second kappa shape index (κ2) is 19.2. The molecule has 0 bridgehead atoms. The molecular weight excluding hydrogens is 570 g/mol. The van der Waals surface area contributed by atoms with Gasteiger partial charge in [-0.3, -0.25) is 0 Å². The van der Waals surface area contributed by atoms with E-state index in [4.69, 9.17) is 0 Å². The predicted octanol–water partition coefficient (Wildman–Crippen LogP) is 8.45. The molecule has 0 atom stereocenters. The molecular formula is C36H45NO2Zr+. The summed E-state index contributed by atoms with van der Waals surface area (Å²) in [5.41, 5.74) is 6.14. The Kier molecular flexibility index (Phi) is 16.8. The third-order valence-corrected chi connectivity index (χ3v) is 6.37. The van der Waals surface area contributed by atoms with Crippen LogP contribution in [0.4, 0.5) is 0 Å². The van der Waals surface area contributed by atoms with E-state index in [-0.39, 0.29) is 26.2 Å². The molecule has 3 N–H and O–H groups in total. The molecule has 40 heavy (non-hydrogen) atoms. The summed E-state index contributed by atoms with van der Waals surface area (Å²) in [6.07, 6.45) is 1.59. The molecule has 0 amide bonds. The van der Waals surface area contributed by atoms with Crippen LogP contribution < -0.4 is 5.32 Å². The third-order valence-electron chi connectivity index (χ3n) is 6.37. The van der Waals surface area contributed by atoms with Crippen molar-refractivity contribution < 1.29 is 36.4 Å². The van der Waals surface area contributed by atoms with Gasteiger partial charge in [-0.25, -0.2) is 0 Å². The topological polar surface area (TPSA) is 52.5 Å². The Bertz CT molecular complexity index is 1130. The van der Waals surface area contributed by atoms with Crippen LogP contribution in [0.15, 0.2) is 97.1 Å². The van der Waals surface area contributed by atoms with Gasteiger partial charge in [0.05, 0.1) is 0 Å². The average molecular weight is 615 g/mol. The summed E-state index contributed by atoms with van der Waals surface area (Å²) in [5, 5.41) is 24.1. The number of hydrogen-bond acceptors (Lipinski definition) is 3. The Morgan fingerprint density at radius 2 is 0.900 bits per heavy atom. The van der Waals surface area contributed by atoms with Crippen molar-refractivity contribution in [2.24, 2.45) is 0 Å². The quantitative estimate of drug-likeness (QED) is 0.138. The number of hydrogen-bond donors (Lipinski definition) is 3. The zero-order chi connectivity index (χ0) is 28.6. The number of para-hydroxylation sites is 2. The Balaban J connectivity index is 0.000000432. The molecule has 4 aromatic carbocycles. The molecule has 0 unspecified atom stereocenters. The summed E-state index contributed by atoms with van der Waals surface area (Å²) in [6, 6.07) is 31.7. The van der Waals surface area contributed by atoms with Crippen molar-refractivity contribution in [3.63, 3.8) is 0 Å². The van der Waals surface area contributed by atoms with Crippen molar-refractivity contribution in [2.45, 2.75) is 52.4 Å². The van der Waals surface area contributed by atoms with Crippen LogP contribution in [-0.4, -0.2) is 23.3 Å². The SMILES string of the molecule is CC(C)c1cccc(CCNCCc2cccc(C(C)C)c2O)c1O.[CH2-]c1ccccc1.[CH2-]c1ccccc1.[Zr+3]. The number of phenols is 2. The molecule has 1 radical (unpaired) electrons. The molecule has 0 aliphatic rings. The van der Waals surface area contributed by atoms with Gasteiger partial charge >= 0.3 is 26.2 Å². The summed E-state index contributed by atoms with van der Waals surface area (Å²) >= 11 is 0. The first-order valence-electron chi connectivity index (χ1n) is 13.8. The van der Waals surface area contributed by atoms with Gasteiger partial charge in [-0.1, -0.05) is 76.2 Å². The zero-order valence-corrected chi connectivity index (χ0v) is 27.0. The largest absolute Gasteiger partial charge is 3.00 e. The van der Waals surface area contributed by atoms with Crippen LogP contribution in [0.1, 0.15) is 72.9 Å². The summed E-state index contributed by atoms with van der Waals surface area (Å²) in [5.74, 6) is 1.51. The number of phenolic OH excluding ortho intramolecular Hbond substituents is 2. The van der Waals surface area contributed by atoms with Gasteiger partial charge in [-0.05, 0) is 60.0 Å². The fraction of sp³-hybridized carbons (Fsp3) is 0.278. The molecule has 209 valence electrons.